The van der Waals surface area contributed by atoms with Crippen molar-refractivity contribution in [2.45, 2.75) is 30.8 Å². The van der Waals surface area contributed by atoms with Crippen molar-refractivity contribution < 1.29 is 17.9 Å². The summed E-state index contributed by atoms with van der Waals surface area (Å²) in [6.45, 7) is 2.84. The van der Waals surface area contributed by atoms with Gasteiger partial charge in [-0.3, -0.25) is 4.79 Å². The Morgan fingerprint density at radius 1 is 1.19 bits per heavy atom. The largest absolute Gasteiger partial charge is 0.377 e. The third-order valence-electron chi connectivity index (χ3n) is 4.21. The molecule has 7 heteroatoms. The zero-order valence-corrected chi connectivity index (χ0v) is 15.4. The molecule has 2 aromatic carbocycles. The molecular weight excluding hydrogens is 352 g/mol. The Morgan fingerprint density at radius 3 is 2.73 bits per heavy atom. The first-order valence-electron chi connectivity index (χ1n) is 8.53. The van der Waals surface area contributed by atoms with Gasteiger partial charge in [0.25, 0.3) is 5.91 Å². The second-order valence-corrected chi connectivity index (χ2v) is 8.11. The Morgan fingerprint density at radius 2 is 2.00 bits per heavy atom. The molecule has 1 fully saturated rings. The van der Waals surface area contributed by atoms with Crippen molar-refractivity contribution in [2.75, 3.05) is 18.5 Å². The van der Waals surface area contributed by atoms with Crippen LogP contribution in [-0.4, -0.2) is 33.6 Å². The van der Waals surface area contributed by atoms with Crippen molar-refractivity contribution in [1.29, 1.82) is 0 Å². The summed E-state index contributed by atoms with van der Waals surface area (Å²) in [5, 5.41) is 2.78. The van der Waals surface area contributed by atoms with E-state index >= 15 is 0 Å². The van der Waals surface area contributed by atoms with E-state index in [1.54, 1.807) is 18.2 Å². The van der Waals surface area contributed by atoms with Crippen molar-refractivity contribution >= 4 is 21.6 Å². The number of benzene rings is 2. The minimum atomic E-state index is -3.69. The number of sulfonamides is 1. The number of anilines is 1. The molecule has 1 saturated heterocycles. The summed E-state index contributed by atoms with van der Waals surface area (Å²) >= 11 is 0. The summed E-state index contributed by atoms with van der Waals surface area (Å²) in [6.07, 6.45) is 1.71. The molecule has 1 amide bonds. The first-order valence-corrected chi connectivity index (χ1v) is 10.0. The fourth-order valence-corrected chi connectivity index (χ4v) is 3.93. The number of hydrogen-bond acceptors (Lipinski definition) is 4. The minimum Gasteiger partial charge on any atom is -0.377 e. The van der Waals surface area contributed by atoms with Crippen LogP contribution in [0.2, 0.25) is 0 Å². The lowest BCUT2D eigenvalue weighted by atomic mass is 10.2. The highest BCUT2D eigenvalue weighted by Crippen LogP contribution is 2.16. The van der Waals surface area contributed by atoms with Crippen LogP contribution < -0.4 is 10.0 Å². The van der Waals surface area contributed by atoms with E-state index in [0.29, 0.717) is 12.3 Å². The second kappa shape index (κ2) is 7.99. The van der Waals surface area contributed by atoms with Gasteiger partial charge in [0.05, 0.1) is 11.0 Å². The lowest BCUT2D eigenvalue weighted by Crippen LogP contribution is -2.32. The van der Waals surface area contributed by atoms with Crippen LogP contribution in [0.25, 0.3) is 0 Å². The first kappa shape index (κ1) is 18.6. The monoisotopic (exact) mass is 374 g/mol. The van der Waals surface area contributed by atoms with Crippen LogP contribution in [0, 0.1) is 6.92 Å². The predicted octanol–water partition coefficient (Wildman–Crippen LogP) is 2.70. The van der Waals surface area contributed by atoms with E-state index < -0.39 is 10.0 Å². The van der Waals surface area contributed by atoms with E-state index in [0.717, 1.165) is 18.4 Å². The highest BCUT2D eigenvalue weighted by atomic mass is 32.2. The Balaban J connectivity index is 1.71. The van der Waals surface area contributed by atoms with Gasteiger partial charge in [-0.2, -0.15) is 0 Å². The summed E-state index contributed by atoms with van der Waals surface area (Å²) < 4.78 is 32.9. The van der Waals surface area contributed by atoms with Crippen LogP contribution in [0.15, 0.2) is 53.4 Å². The number of rotatable bonds is 6. The van der Waals surface area contributed by atoms with Crippen molar-refractivity contribution in [3.8, 4) is 0 Å². The second-order valence-electron chi connectivity index (χ2n) is 6.34. The number of ether oxygens (including phenoxy) is 1. The molecule has 138 valence electrons. The molecule has 2 aromatic rings. The molecule has 0 spiro atoms. The molecule has 26 heavy (non-hydrogen) atoms. The number of amides is 1. The van der Waals surface area contributed by atoms with Crippen LogP contribution in [0.4, 0.5) is 5.69 Å². The summed E-state index contributed by atoms with van der Waals surface area (Å²) in [7, 11) is -3.69. The Bertz CT molecular complexity index is 890. The molecule has 1 aliphatic heterocycles. The summed E-state index contributed by atoms with van der Waals surface area (Å²) in [4.78, 5) is 12.5. The molecule has 2 N–H and O–H groups in total. The van der Waals surface area contributed by atoms with E-state index in [-0.39, 0.29) is 29.0 Å². The highest BCUT2D eigenvalue weighted by molar-refractivity contribution is 7.89. The van der Waals surface area contributed by atoms with Gasteiger partial charge in [0.2, 0.25) is 10.0 Å². The Kier molecular flexibility index (Phi) is 5.70. The maximum atomic E-state index is 12.5. The van der Waals surface area contributed by atoms with Crippen molar-refractivity contribution in [1.82, 2.24) is 4.72 Å². The average Bonchev–Trinajstić information content (AvgIpc) is 3.14. The molecule has 1 atom stereocenters. The fraction of sp³-hybridized carbons (Fsp3) is 0.316. The van der Waals surface area contributed by atoms with Gasteiger partial charge in [0, 0.05) is 24.4 Å². The molecular formula is C19H22N2O4S. The topological polar surface area (TPSA) is 84.5 Å². The third-order valence-corrected chi connectivity index (χ3v) is 5.63. The van der Waals surface area contributed by atoms with Crippen molar-refractivity contribution in [2.24, 2.45) is 0 Å². The SMILES string of the molecule is Cc1cccc(NC(=O)c2cccc(S(=O)(=O)NCC3CCCO3)c2)c1. The normalized spacial score (nSPS) is 17.2. The zero-order chi connectivity index (χ0) is 18.6. The number of aryl methyl sites for hydroxylation is 1. The van der Waals surface area contributed by atoms with E-state index in [9.17, 15) is 13.2 Å². The van der Waals surface area contributed by atoms with Gasteiger partial charge < -0.3 is 10.1 Å². The number of nitrogens with one attached hydrogen (secondary N) is 2. The molecule has 3 rings (SSSR count). The van der Waals surface area contributed by atoms with Crippen LogP contribution in [0.1, 0.15) is 28.8 Å². The van der Waals surface area contributed by atoms with Crippen LogP contribution in [0.5, 0.6) is 0 Å². The maximum Gasteiger partial charge on any atom is 0.255 e. The van der Waals surface area contributed by atoms with Gasteiger partial charge in [-0.15, -0.1) is 0 Å². The quantitative estimate of drug-likeness (QED) is 0.814. The molecule has 1 heterocycles. The molecule has 0 aliphatic carbocycles. The van der Waals surface area contributed by atoms with E-state index in [4.69, 9.17) is 4.74 Å². The third kappa shape index (κ3) is 4.69. The minimum absolute atomic E-state index is 0.0624. The molecule has 1 unspecified atom stereocenters. The van der Waals surface area contributed by atoms with Gasteiger partial charge in [-0.1, -0.05) is 18.2 Å². The highest BCUT2D eigenvalue weighted by Gasteiger charge is 2.21. The van der Waals surface area contributed by atoms with Crippen LogP contribution in [0.3, 0.4) is 0 Å². The van der Waals surface area contributed by atoms with E-state index in [1.807, 2.05) is 25.1 Å². The molecule has 6 nitrogen and oxygen atoms in total. The standard InChI is InChI=1S/C19H22N2O4S/c1-14-5-2-7-16(11-14)21-19(22)15-6-3-9-18(12-15)26(23,24)20-13-17-8-4-10-25-17/h2-3,5-7,9,11-12,17,20H,4,8,10,13H2,1H3,(H,21,22). The van der Waals surface area contributed by atoms with Crippen molar-refractivity contribution in [3.63, 3.8) is 0 Å². The van der Waals surface area contributed by atoms with Gasteiger partial charge in [0.15, 0.2) is 0 Å². The molecule has 0 aromatic heterocycles. The van der Waals surface area contributed by atoms with Crippen LogP contribution in [-0.2, 0) is 14.8 Å². The number of hydrogen-bond donors (Lipinski definition) is 2. The van der Waals surface area contributed by atoms with Gasteiger partial charge >= 0.3 is 0 Å². The smallest absolute Gasteiger partial charge is 0.255 e. The maximum absolute atomic E-state index is 12.5. The van der Waals surface area contributed by atoms with E-state index in [2.05, 4.69) is 10.0 Å². The zero-order valence-electron chi connectivity index (χ0n) is 14.6. The summed E-state index contributed by atoms with van der Waals surface area (Å²) in [5.74, 6) is -0.355. The number of carbonyl (C=O) groups excluding carboxylic acids is 1. The lowest BCUT2D eigenvalue weighted by molar-refractivity contribution is 0.102. The Hall–Kier alpha value is -2.22. The predicted molar refractivity (Wildman–Crippen MR) is 99.7 cm³/mol. The lowest BCUT2D eigenvalue weighted by Gasteiger charge is -2.12. The molecule has 1 aliphatic rings. The molecule has 0 bridgehead atoms. The number of carbonyl (C=O) groups is 1. The molecule has 0 radical (unpaired) electrons. The van der Waals surface area contributed by atoms with Gasteiger partial charge in [-0.25, -0.2) is 13.1 Å². The van der Waals surface area contributed by atoms with E-state index in [1.165, 1.54) is 12.1 Å². The van der Waals surface area contributed by atoms with Crippen molar-refractivity contribution in [3.05, 3.63) is 59.7 Å². The summed E-state index contributed by atoms with van der Waals surface area (Å²) in [6, 6.07) is 13.4. The Labute approximate surface area is 153 Å². The average molecular weight is 374 g/mol. The van der Waals surface area contributed by atoms with Gasteiger partial charge in [-0.05, 0) is 55.7 Å². The van der Waals surface area contributed by atoms with Crippen LogP contribution >= 0.6 is 0 Å². The first-order chi connectivity index (χ1) is 12.4. The summed E-state index contributed by atoms with van der Waals surface area (Å²) in [5.41, 5.74) is 1.98. The van der Waals surface area contributed by atoms with Gasteiger partial charge in [0.1, 0.15) is 0 Å². The fourth-order valence-electron chi connectivity index (χ4n) is 2.82. The molecule has 0 saturated carbocycles.